The summed E-state index contributed by atoms with van der Waals surface area (Å²) in [7, 11) is 0. The average molecular weight is 231 g/mol. The van der Waals surface area contributed by atoms with Crippen LogP contribution in [0.15, 0.2) is 18.2 Å². The molecule has 1 aromatic rings. The summed E-state index contributed by atoms with van der Waals surface area (Å²) in [5.41, 5.74) is 9.12. The van der Waals surface area contributed by atoms with Crippen molar-refractivity contribution in [3.05, 3.63) is 23.8 Å². The van der Waals surface area contributed by atoms with E-state index in [-0.39, 0.29) is 6.10 Å². The number of anilines is 2. The van der Waals surface area contributed by atoms with Gasteiger partial charge >= 0.3 is 0 Å². The Morgan fingerprint density at radius 3 is 3.18 bits per heavy atom. The maximum Gasteiger partial charge on any atom is 0.141 e. The fraction of sp³-hybridized carbons (Fsp3) is 0.462. The number of ether oxygens (including phenoxy) is 1. The fourth-order valence-corrected chi connectivity index (χ4v) is 2.10. The molecule has 1 heterocycles. The van der Waals surface area contributed by atoms with Gasteiger partial charge in [0.05, 0.1) is 12.7 Å². The Bertz CT molecular complexity index is 439. The maximum atomic E-state index is 8.61. The highest BCUT2D eigenvalue weighted by Gasteiger charge is 2.18. The molecular weight excluding hydrogens is 214 g/mol. The van der Waals surface area contributed by atoms with Gasteiger partial charge in [0.15, 0.2) is 0 Å². The molecule has 90 valence electrons. The lowest BCUT2D eigenvalue weighted by Gasteiger charge is -2.19. The molecule has 1 aromatic carbocycles. The Labute approximate surface area is 102 Å². The minimum Gasteiger partial charge on any atom is -0.399 e. The summed E-state index contributed by atoms with van der Waals surface area (Å²) in [5.74, 6) is 0. The Morgan fingerprint density at radius 2 is 2.41 bits per heavy atom. The fourth-order valence-electron chi connectivity index (χ4n) is 2.10. The first-order valence-corrected chi connectivity index (χ1v) is 5.85. The van der Waals surface area contributed by atoms with Crippen molar-refractivity contribution in [3.8, 4) is 6.07 Å². The molecule has 17 heavy (non-hydrogen) atoms. The lowest BCUT2D eigenvalue weighted by atomic mass is 10.1. The number of nitriles is 1. The molecule has 0 fully saturated rings. The van der Waals surface area contributed by atoms with E-state index in [4.69, 9.17) is 15.7 Å². The molecule has 4 heteroatoms. The summed E-state index contributed by atoms with van der Waals surface area (Å²) in [4.78, 5) is 2.28. The quantitative estimate of drug-likeness (QED) is 0.799. The number of nitrogens with zero attached hydrogens (tertiary/aromatic N) is 2. The molecule has 0 amide bonds. The van der Waals surface area contributed by atoms with Crippen molar-refractivity contribution in [3.63, 3.8) is 0 Å². The first kappa shape index (κ1) is 11.7. The molecule has 1 aliphatic heterocycles. The summed E-state index contributed by atoms with van der Waals surface area (Å²) in [5, 5.41) is 8.61. The van der Waals surface area contributed by atoms with Crippen molar-refractivity contribution >= 4 is 11.4 Å². The zero-order valence-electron chi connectivity index (χ0n) is 10.0. The number of hydrogen-bond acceptors (Lipinski definition) is 4. The van der Waals surface area contributed by atoms with E-state index in [0.29, 0.717) is 6.61 Å². The first-order valence-electron chi connectivity index (χ1n) is 5.85. The minimum atomic E-state index is -0.330. The average Bonchev–Trinajstić information content (AvgIpc) is 2.71. The molecular formula is C13H17N3O. The number of rotatable bonds is 4. The van der Waals surface area contributed by atoms with E-state index in [1.54, 1.807) is 6.92 Å². The van der Waals surface area contributed by atoms with E-state index >= 15 is 0 Å². The normalized spacial score (nSPS) is 15.4. The largest absolute Gasteiger partial charge is 0.399 e. The third-order valence-corrected chi connectivity index (χ3v) is 3.01. The van der Waals surface area contributed by atoms with Crippen LogP contribution >= 0.6 is 0 Å². The molecule has 2 rings (SSSR count). The van der Waals surface area contributed by atoms with Crippen LogP contribution < -0.4 is 10.6 Å². The highest BCUT2D eigenvalue weighted by Crippen LogP contribution is 2.29. The van der Waals surface area contributed by atoms with Gasteiger partial charge in [0.2, 0.25) is 0 Å². The third-order valence-electron chi connectivity index (χ3n) is 3.01. The lowest BCUT2D eigenvalue weighted by Crippen LogP contribution is -2.26. The zero-order valence-corrected chi connectivity index (χ0v) is 10.0. The van der Waals surface area contributed by atoms with E-state index in [1.165, 1.54) is 11.3 Å². The topological polar surface area (TPSA) is 62.3 Å². The van der Waals surface area contributed by atoms with Gasteiger partial charge in [-0.3, -0.25) is 0 Å². The summed E-state index contributed by atoms with van der Waals surface area (Å²) < 4.78 is 5.36. The first-order chi connectivity index (χ1) is 8.20. The van der Waals surface area contributed by atoms with Crippen LogP contribution in [-0.4, -0.2) is 25.8 Å². The van der Waals surface area contributed by atoms with Gasteiger partial charge in [0, 0.05) is 24.5 Å². The van der Waals surface area contributed by atoms with Crippen LogP contribution in [0.3, 0.4) is 0 Å². The van der Waals surface area contributed by atoms with Crippen LogP contribution in [0.1, 0.15) is 12.5 Å². The van der Waals surface area contributed by atoms with Crippen molar-refractivity contribution in [2.45, 2.75) is 19.4 Å². The standard InChI is InChI=1S/C13H17N3O/c1-10(9-14)17-7-6-16-5-4-11-8-12(15)2-3-13(11)16/h2-3,8,10H,4-7,15H2,1H3. The predicted molar refractivity (Wildman–Crippen MR) is 67.8 cm³/mol. The van der Waals surface area contributed by atoms with Crippen LogP contribution in [0.4, 0.5) is 11.4 Å². The molecule has 0 aromatic heterocycles. The summed E-state index contributed by atoms with van der Waals surface area (Å²) in [6.45, 7) is 4.17. The SMILES string of the molecule is CC(C#N)OCCN1CCc2cc(N)ccc21. The zero-order chi connectivity index (χ0) is 12.3. The van der Waals surface area contributed by atoms with Gasteiger partial charge < -0.3 is 15.4 Å². The smallest absolute Gasteiger partial charge is 0.141 e. The van der Waals surface area contributed by atoms with Gasteiger partial charge in [-0.15, -0.1) is 0 Å². The van der Waals surface area contributed by atoms with Gasteiger partial charge in [-0.1, -0.05) is 0 Å². The monoisotopic (exact) mass is 231 g/mol. The molecule has 1 unspecified atom stereocenters. The van der Waals surface area contributed by atoms with Crippen LogP contribution in [0, 0.1) is 11.3 Å². The van der Waals surface area contributed by atoms with E-state index < -0.39 is 0 Å². The molecule has 0 radical (unpaired) electrons. The van der Waals surface area contributed by atoms with Gasteiger partial charge in [-0.05, 0) is 37.1 Å². The molecule has 1 atom stereocenters. The number of benzene rings is 1. The third kappa shape index (κ3) is 2.69. The van der Waals surface area contributed by atoms with Crippen LogP contribution in [0.2, 0.25) is 0 Å². The predicted octanol–water partition coefficient (Wildman–Crippen LogP) is 1.56. The molecule has 2 N–H and O–H groups in total. The van der Waals surface area contributed by atoms with Crippen molar-refractivity contribution in [1.29, 1.82) is 5.26 Å². The second-order valence-corrected chi connectivity index (χ2v) is 4.27. The second kappa shape index (κ2) is 5.07. The Kier molecular flexibility index (Phi) is 3.50. The Morgan fingerprint density at radius 1 is 1.59 bits per heavy atom. The molecule has 0 spiro atoms. The summed E-state index contributed by atoms with van der Waals surface area (Å²) in [6.07, 6.45) is 0.706. The highest BCUT2D eigenvalue weighted by molar-refractivity contribution is 5.62. The van der Waals surface area contributed by atoms with Crippen molar-refractivity contribution in [2.75, 3.05) is 30.3 Å². The van der Waals surface area contributed by atoms with Gasteiger partial charge in [0.25, 0.3) is 0 Å². The van der Waals surface area contributed by atoms with E-state index in [1.807, 2.05) is 12.1 Å². The highest BCUT2D eigenvalue weighted by atomic mass is 16.5. The number of nitrogens with two attached hydrogens (primary N) is 1. The Balaban J connectivity index is 1.92. The van der Waals surface area contributed by atoms with Crippen LogP contribution in [0.5, 0.6) is 0 Å². The number of fused-ring (bicyclic) bond motifs is 1. The van der Waals surface area contributed by atoms with Crippen molar-refractivity contribution in [2.24, 2.45) is 0 Å². The molecule has 1 aliphatic rings. The van der Waals surface area contributed by atoms with E-state index in [9.17, 15) is 0 Å². The number of nitrogen functional groups attached to an aromatic ring is 1. The minimum absolute atomic E-state index is 0.330. The summed E-state index contributed by atoms with van der Waals surface area (Å²) in [6, 6.07) is 8.08. The lowest BCUT2D eigenvalue weighted by molar-refractivity contribution is 0.108. The number of hydrogen-bond donors (Lipinski definition) is 1. The van der Waals surface area contributed by atoms with Gasteiger partial charge in [-0.2, -0.15) is 5.26 Å². The van der Waals surface area contributed by atoms with Crippen LogP contribution in [-0.2, 0) is 11.2 Å². The molecule has 0 aliphatic carbocycles. The van der Waals surface area contributed by atoms with Crippen molar-refractivity contribution < 1.29 is 4.74 Å². The summed E-state index contributed by atoms with van der Waals surface area (Å²) >= 11 is 0. The molecule has 0 bridgehead atoms. The molecule has 0 saturated heterocycles. The molecule has 0 saturated carbocycles. The van der Waals surface area contributed by atoms with Gasteiger partial charge in [-0.25, -0.2) is 0 Å². The van der Waals surface area contributed by atoms with Crippen LogP contribution in [0.25, 0.3) is 0 Å². The van der Waals surface area contributed by atoms with Gasteiger partial charge in [0.1, 0.15) is 6.10 Å². The maximum absolute atomic E-state index is 8.61. The second-order valence-electron chi connectivity index (χ2n) is 4.27. The Hall–Kier alpha value is -1.73. The van der Waals surface area contributed by atoms with E-state index in [0.717, 1.165) is 25.2 Å². The van der Waals surface area contributed by atoms with Crippen molar-refractivity contribution in [1.82, 2.24) is 0 Å². The molecule has 4 nitrogen and oxygen atoms in total. The van der Waals surface area contributed by atoms with E-state index in [2.05, 4.69) is 17.0 Å².